The van der Waals surface area contributed by atoms with Crippen molar-refractivity contribution in [2.75, 3.05) is 19.8 Å². The third kappa shape index (κ3) is 3.21. The van der Waals surface area contributed by atoms with Crippen LogP contribution < -0.4 is 0 Å². The molecule has 1 amide bonds. The van der Waals surface area contributed by atoms with Gasteiger partial charge in [0.1, 0.15) is 0 Å². The lowest BCUT2D eigenvalue weighted by atomic mass is 10.0. The second-order valence-corrected chi connectivity index (χ2v) is 7.19. The van der Waals surface area contributed by atoms with Crippen molar-refractivity contribution in [1.29, 1.82) is 0 Å². The summed E-state index contributed by atoms with van der Waals surface area (Å²) in [5, 5.41) is 4.66. The molecule has 5 heteroatoms. The summed E-state index contributed by atoms with van der Waals surface area (Å²) in [4.78, 5) is 15.1. The van der Waals surface area contributed by atoms with Crippen molar-refractivity contribution in [3.05, 3.63) is 53.3 Å². The number of nitrogens with zero attached hydrogens (tertiary/aromatic N) is 3. The lowest BCUT2D eigenvalue weighted by Gasteiger charge is -2.35. The quantitative estimate of drug-likeness (QED) is 0.858. The molecule has 132 valence electrons. The average Bonchev–Trinajstić information content (AvgIpc) is 3.43. The molecule has 2 fully saturated rings. The van der Waals surface area contributed by atoms with Crippen LogP contribution in [0.2, 0.25) is 0 Å². The molecule has 5 nitrogen and oxygen atoms in total. The minimum atomic E-state index is -0.0474. The first-order valence-corrected chi connectivity index (χ1v) is 9.15. The van der Waals surface area contributed by atoms with Crippen LogP contribution in [-0.2, 0) is 4.74 Å². The molecule has 2 aliphatic rings. The van der Waals surface area contributed by atoms with Gasteiger partial charge in [0.05, 0.1) is 25.3 Å². The number of hydrogen-bond acceptors (Lipinski definition) is 3. The number of aromatic nitrogens is 2. The van der Waals surface area contributed by atoms with E-state index in [1.54, 1.807) is 0 Å². The van der Waals surface area contributed by atoms with Crippen LogP contribution in [-0.4, -0.2) is 40.3 Å². The Labute approximate surface area is 148 Å². The highest BCUT2D eigenvalue weighted by Crippen LogP contribution is 2.39. The number of rotatable bonds is 4. The van der Waals surface area contributed by atoms with Crippen LogP contribution in [0.5, 0.6) is 0 Å². The van der Waals surface area contributed by atoms with Gasteiger partial charge in [0.15, 0.2) is 5.69 Å². The van der Waals surface area contributed by atoms with E-state index in [4.69, 9.17) is 4.74 Å². The molecule has 2 aromatic rings. The molecule has 0 spiro atoms. The van der Waals surface area contributed by atoms with Crippen molar-refractivity contribution < 1.29 is 9.53 Å². The second-order valence-electron chi connectivity index (χ2n) is 7.19. The maximum atomic E-state index is 13.2. The smallest absolute Gasteiger partial charge is 0.275 e. The SMILES string of the molecule is Cc1cc(C(=O)N2CCOC[C@H]2c2ccccc2)nn1[C@H](C)C1CC1. The molecule has 1 saturated heterocycles. The third-order valence-electron chi connectivity index (χ3n) is 5.41. The zero-order chi connectivity index (χ0) is 17.4. The van der Waals surface area contributed by atoms with Crippen LogP contribution in [0.25, 0.3) is 0 Å². The molecular weight excluding hydrogens is 314 g/mol. The van der Waals surface area contributed by atoms with Crippen molar-refractivity contribution in [3.8, 4) is 0 Å². The average molecular weight is 339 g/mol. The first-order valence-electron chi connectivity index (χ1n) is 9.15. The fourth-order valence-corrected chi connectivity index (χ4v) is 3.73. The Bertz CT molecular complexity index is 752. The van der Waals surface area contributed by atoms with E-state index in [-0.39, 0.29) is 11.9 Å². The topological polar surface area (TPSA) is 47.4 Å². The Balaban J connectivity index is 1.59. The van der Waals surface area contributed by atoms with Gasteiger partial charge < -0.3 is 9.64 Å². The molecule has 1 aliphatic carbocycles. The van der Waals surface area contributed by atoms with Crippen molar-refractivity contribution in [1.82, 2.24) is 14.7 Å². The summed E-state index contributed by atoms with van der Waals surface area (Å²) >= 11 is 0. The number of amides is 1. The Hall–Kier alpha value is -2.14. The van der Waals surface area contributed by atoms with Crippen molar-refractivity contribution in [2.45, 2.75) is 38.8 Å². The summed E-state index contributed by atoms with van der Waals surface area (Å²) < 4.78 is 7.67. The van der Waals surface area contributed by atoms with Gasteiger partial charge in [-0.1, -0.05) is 30.3 Å². The zero-order valence-electron chi connectivity index (χ0n) is 14.9. The van der Waals surface area contributed by atoms with Gasteiger partial charge in [0, 0.05) is 12.2 Å². The van der Waals surface area contributed by atoms with Crippen LogP contribution >= 0.6 is 0 Å². The summed E-state index contributed by atoms with van der Waals surface area (Å²) in [5.74, 6) is 0.712. The molecule has 0 bridgehead atoms. The van der Waals surface area contributed by atoms with E-state index < -0.39 is 0 Å². The molecule has 0 unspecified atom stereocenters. The van der Waals surface area contributed by atoms with Gasteiger partial charge in [-0.05, 0) is 44.2 Å². The second kappa shape index (κ2) is 6.64. The Morgan fingerprint density at radius 1 is 1.28 bits per heavy atom. The predicted octanol–water partition coefficient (Wildman–Crippen LogP) is 3.38. The van der Waals surface area contributed by atoms with E-state index in [0.29, 0.717) is 37.4 Å². The fraction of sp³-hybridized carbons (Fsp3) is 0.500. The molecule has 1 aromatic carbocycles. The van der Waals surface area contributed by atoms with E-state index in [9.17, 15) is 4.79 Å². The van der Waals surface area contributed by atoms with Crippen LogP contribution in [0, 0.1) is 12.8 Å². The molecule has 2 heterocycles. The van der Waals surface area contributed by atoms with E-state index in [0.717, 1.165) is 11.3 Å². The number of carbonyl (C=O) groups excluding carboxylic acids is 1. The fourth-order valence-electron chi connectivity index (χ4n) is 3.73. The number of benzene rings is 1. The van der Waals surface area contributed by atoms with Crippen LogP contribution in [0.15, 0.2) is 36.4 Å². The number of aryl methyl sites for hydroxylation is 1. The number of ether oxygens (including phenoxy) is 1. The maximum Gasteiger partial charge on any atom is 0.275 e. The molecule has 2 atom stereocenters. The first-order chi connectivity index (χ1) is 12.1. The lowest BCUT2D eigenvalue weighted by molar-refractivity contribution is -0.00306. The minimum Gasteiger partial charge on any atom is -0.377 e. The van der Waals surface area contributed by atoms with Crippen molar-refractivity contribution in [3.63, 3.8) is 0 Å². The Morgan fingerprint density at radius 2 is 2.04 bits per heavy atom. The standard InChI is InChI=1S/C20H25N3O2/c1-14-12-18(21-23(14)15(2)16-8-9-16)20(24)22-10-11-25-13-19(22)17-6-4-3-5-7-17/h3-7,12,15-16,19H,8-11,13H2,1-2H3/t15-,19+/m1/s1. The van der Waals surface area contributed by atoms with Gasteiger partial charge in [-0.15, -0.1) is 0 Å². The van der Waals surface area contributed by atoms with Gasteiger partial charge in [0.25, 0.3) is 5.91 Å². The summed E-state index contributed by atoms with van der Waals surface area (Å²) in [5.41, 5.74) is 2.72. The van der Waals surface area contributed by atoms with Crippen molar-refractivity contribution >= 4 is 5.91 Å². The highest BCUT2D eigenvalue weighted by atomic mass is 16.5. The number of carbonyl (C=O) groups is 1. The van der Waals surface area contributed by atoms with Crippen molar-refractivity contribution in [2.24, 2.45) is 5.92 Å². The zero-order valence-corrected chi connectivity index (χ0v) is 14.9. The molecule has 4 rings (SSSR count). The van der Waals surface area contributed by atoms with Gasteiger partial charge in [0.2, 0.25) is 0 Å². The lowest BCUT2D eigenvalue weighted by Crippen LogP contribution is -2.43. The molecule has 1 aromatic heterocycles. The number of hydrogen-bond donors (Lipinski definition) is 0. The van der Waals surface area contributed by atoms with Gasteiger partial charge in [-0.2, -0.15) is 5.10 Å². The first kappa shape index (κ1) is 16.3. The largest absolute Gasteiger partial charge is 0.377 e. The number of morpholine rings is 1. The Kier molecular flexibility index (Phi) is 4.34. The van der Waals surface area contributed by atoms with Gasteiger partial charge >= 0.3 is 0 Å². The summed E-state index contributed by atoms with van der Waals surface area (Å²) in [6.07, 6.45) is 2.53. The predicted molar refractivity (Wildman–Crippen MR) is 95.4 cm³/mol. The van der Waals surface area contributed by atoms with E-state index in [1.807, 2.05) is 40.8 Å². The van der Waals surface area contributed by atoms with Gasteiger partial charge in [-0.25, -0.2) is 0 Å². The molecule has 1 saturated carbocycles. The normalized spacial score (nSPS) is 22.0. The molecule has 1 aliphatic heterocycles. The maximum absolute atomic E-state index is 13.2. The highest BCUT2D eigenvalue weighted by molar-refractivity contribution is 5.92. The monoisotopic (exact) mass is 339 g/mol. The summed E-state index contributed by atoms with van der Waals surface area (Å²) in [7, 11) is 0. The van der Waals surface area contributed by atoms with Gasteiger partial charge in [-0.3, -0.25) is 9.48 Å². The minimum absolute atomic E-state index is 0.00185. The van der Waals surface area contributed by atoms with E-state index in [1.165, 1.54) is 12.8 Å². The molecule has 0 N–H and O–H groups in total. The summed E-state index contributed by atoms with van der Waals surface area (Å²) in [6, 6.07) is 12.4. The molecule has 25 heavy (non-hydrogen) atoms. The summed E-state index contributed by atoms with van der Waals surface area (Å²) in [6.45, 7) is 5.95. The van der Waals surface area contributed by atoms with Crippen LogP contribution in [0.1, 0.15) is 53.6 Å². The van der Waals surface area contributed by atoms with Crippen LogP contribution in [0.4, 0.5) is 0 Å². The van der Waals surface area contributed by atoms with Crippen LogP contribution in [0.3, 0.4) is 0 Å². The van der Waals surface area contributed by atoms with E-state index >= 15 is 0 Å². The third-order valence-corrected chi connectivity index (χ3v) is 5.41. The Morgan fingerprint density at radius 3 is 2.76 bits per heavy atom. The molecular formula is C20H25N3O2. The highest BCUT2D eigenvalue weighted by Gasteiger charge is 2.33. The molecule has 0 radical (unpaired) electrons. The van der Waals surface area contributed by atoms with E-state index in [2.05, 4.69) is 24.2 Å².